The molecular formula is C12H13N5. The number of hydrogen-bond donors (Lipinski definition) is 1. The molecule has 17 heavy (non-hydrogen) atoms. The van der Waals surface area contributed by atoms with Crippen LogP contribution < -0.4 is 5.73 Å². The van der Waals surface area contributed by atoms with Gasteiger partial charge in [-0.05, 0) is 24.1 Å². The van der Waals surface area contributed by atoms with Gasteiger partial charge in [-0.1, -0.05) is 19.1 Å². The Morgan fingerprint density at radius 2 is 2.12 bits per heavy atom. The topological polar surface area (TPSA) is 80.5 Å². The van der Waals surface area contributed by atoms with Gasteiger partial charge < -0.3 is 5.73 Å². The summed E-state index contributed by atoms with van der Waals surface area (Å²) in [7, 11) is 0. The third-order valence-corrected chi connectivity index (χ3v) is 2.62. The fraction of sp³-hybridized carbons (Fsp3) is 0.250. The maximum Gasteiger partial charge on any atom is 0.252 e. The molecule has 0 radical (unpaired) electrons. The van der Waals surface area contributed by atoms with Crippen LogP contribution in [0.5, 0.6) is 0 Å². The van der Waals surface area contributed by atoms with Crippen molar-refractivity contribution >= 4 is 0 Å². The molecule has 0 bridgehead atoms. The van der Waals surface area contributed by atoms with E-state index in [9.17, 15) is 0 Å². The molecule has 1 heterocycles. The van der Waals surface area contributed by atoms with Crippen LogP contribution in [0, 0.1) is 11.3 Å². The van der Waals surface area contributed by atoms with Crippen molar-refractivity contribution in [1.29, 1.82) is 5.26 Å². The summed E-state index contributed by atoms with van der Waals surface area (Å²) >= 11 is 0. The second kappa shape index (κ2) is 4.76. The lowest BCUT2D eigenvalue weighted by Gasteiger charge is -2.09. The summed E-state index contributed by atoms with van der Waals surface area (Å²) < 4.78 is 1.57. The lowest BCUT2D eigenvalue weighted by molar-refractivity contribution is 0.698. The Morgan fingerprint density at radius 3 is 2.65 bits per heavy atom. The third kappa shape index (κ3) is 2.32. The highest BCUT2D eigenvalue weighted by Gasteiger charge is 2.05. The Hall–Kier alpha value is -2.19. The van der Waals surface area contributed by atoms with Crippen molar-refractivity contribution in [2.75, 3.05) is 0 Å². The minimum atomic E-state index is 0.0643. The van der Waals surface area contributed by atoms with Crippen molar-refractivity contribution in [2.45, 2.75) is 19.4 Å². The van der Waals surface area contributed by atoms with E-state index in [1.807, 2.05) is 30.3 Å². The van der Waals surface area contributed by atoms with Gasteiger partial charge in [0.25, 0.3) is 5.82 Å². The number of hydrogen-bond acceptors (Lipinski definition) is 4. The molecule has 1 atom stereocenters. The predicted octanol–water partition coefficient (Wildman–Crippen LogP) is 1.55. The molecule has 5 nitrogen and oxygen atoms in total. The lowest BCUT2D eigenvalue weighted by atomic mass is 10.1. The summed E-state index contributed by atoms with van der Waals surface area (Å²) in [5, 5.41) is 12.6. The summed E-state index contributed by atoms with van der Waals surface area (Å²) in [5.41, 5.74) is 7.89. The summed E-state index contributed by atoms with van der Waals surface area (Å²) in [6.07, 6.45) is 2.43. The second-order valence-corrected chi connectivity index (χ2v) is 3.73. The molecule has 0 aliphatic heterocycles. The molecule has 2 N–H and O–H groups in total. The Bertz CT molecular complexity index is 535. The fourth-order valence-corrected chi connectivity index (χ4v) is 1.55. The highest BCUT2D eigenvalue weighted by atomic mass is 15.3. The largest absolute Gasteiger partial charge is 0.324 e. The van der Waals surface area contributed by atoms with Crippen LogP contribution in [-0.4, -0.2) is 14.8 Å². The first-order valence-corrected chi connectivity index (χ1v) is 5.42. The van der Waals surface area contributed by atoms with E-state index in [2.05, 4.69) is 17.0 Å². The van der Waals surface area contributed by atoms with Gasteiger partial charge in [0.15, 0.2) is 0 Å². The van der Waals surface area contributed by atoms with E-state index in [-0.39, 0.29) is 11.9 Å². The van der Waals surface area contributed by atoms with Gasteiger partial charge in [0, 0.05) is 6.04 Å². The molecule has 0 amide bonds. The van der Waals surface area contributed by atoms with Crippen molar-refractivity contribution in [1.82, 2.24) is 14.8 Å². The molecule has 86 valence electrons. The molecule has 0 aliphatic rings. The zero-order valence-corrected chi connectivity index (χ0v) is 9.54. The van der Waals surface area contributed by atoms with Gasteiger partial charge in [-0.3, -0.25) is 0 Å². The maximum absolute atomic E-state index is 8.64. The number of nitrogens with zero attached hydrogens (tertiary/aromatic N) is 4. The Labute approximate surface area is 99.5 Å². The number of benzene rings is 1. The van der Waals surface area contributed by atoms with Gasteiger partial charge in [-0.15, -0.1) is 5.10 Å². The van der Waals surface area contributed by atoms with Crippen molar-refractivity contribution in [3.8, 4) is 11.8 Å². The number of nitrogens with two attached hydrogens (primary N) is 1. The summed E-state index contributed by atoms with van der Waals surface area (Å²) in [6, 6.07) is 9.73. The van der Waals surface area contributed by atoms with E-state index in [1.54, 1.807) is 4.68 Å². The molecule has 0 saturated carbocycles. The van der Waals surface area contributed by atoms with Gasteiger partial charge in [0.2, 0.25) is 0 Å². The van der Waals surface area contributed by atoms with E-state index < -0.39 is 0 Å². The smallest absolute Gasteiger partial charge is 0.252 e. The van der Waals surface area contributed by atoms with Crippen LogP contribution in [0.4, 0.5) is 0 Å². The molecule has 2 aromatic rings. The summed E-state index contributed by atoms with van der Waals surface area (Å²) in [5.74, 6) is 0.166. The SMILES string of the molecule is CC[C@H](N)c1ccc(-n2cnc(C#N)n2)cc1. The Morgan fingerprint density at radius 1 is 1.41 bits per heavy atom. The highest BCUT2D eigenvalue weighted by molar-refractivity contribution is 5.34. The van der Waals surface area contributed by atoms with Gasteiger partial charge in [-0.2, -0.15) is 5.26 Å². The molecular weight excluding hydrogens is 214 g/mol. The first kappa shape index (κ1) is 11.3. The van der Waals surface area contributed by atoms with Gasteiger partial charge in [-0.25, -0.2) is 9.67 Å². The van der Waals surface area contributed by atoms with Crippen LogP contribution in [0.15, 0.2) is 30.6 Å². The third-order valence-electron chi connectivity index (χ3n) is 2.62. The monoisotopic (exact) mass is 227 g/mol. The molecule has 0 unspecified atom stereocenters. The van der Waals surface area contributed by atoms with E-state index in [1.165, 1.54) is 6.33 Å². The number of aromatic nitrogens is 3. The minimum absolute atomic E-state index is 0.0643. The van der Waals surface area contributed by atoms with Crippen LogP contribution in [0.25, 0.3) is 5.69 Å². The van der Waals surface area contributed by atoms with Crippen LogP contribution in [0.1, 0.15) is 30.8 Å². The predicted molar refractivity (Wildman–Crippen MR) is 63.3 cm³/mol. The van der Waals surface area contributed by atoms with Gasteiger partial charge in [0.05, 0.1) is 5.69 Å². The van der Waals surface area contributed by atoms with Crippen LogP contribution in [0.2, 0.25) is 0 Å². The molecule has 2 rings (SSSR count). The maximum atomic E-state index is 8.64. The second-order valence-electron chi connectivity index (χ2n) is 3.73. The molecule has 0 fully saturated rings. The lowest BCUT2D eigenvalue weighted by Crippen LogP contribution is -2.08. The summed E-state index contributed by atoms with van der Waals surface area (Å²) in [4.78, 5) is 3.85. The van der Waals surface area contributed by atoms with Gasteiger partial charge in [0.1, 0.15) is 12.4 Å². The van der Waals surface area contributed by atoms with E-state index in [0.29, 0.717) is 0 Å². The average molecular weight is 227 g/mol. The Balaban J connectivity index is 2.26. The molecule has 1 aromatic carbocycles. The van der Waals surface area contributed by atoms with E-state index >= 15 is 0 Å². The van der Waals surface area contributed by atoms with Crippen LogP contribution in [0.3, 0.4) is 0 Å². The fourth-order valence-electron chi connectivity index (χ4n) is 1.55. The first-order valence-electron chi connectivity index (χ1n) is 5.42. The minimum Gasteiger partial charge on any atom is -0.324 e. The first-order chi connectivity index (χ1) is 8.24. The van der Waals surface area contributed by atoms with Crippen molar-refractivity contribution in [2.24, 2.45) is 5.73 Å². The quantitative estimate of drug-likeness (QED) is 0.862. The zero-order valence-electron chi connectivity index (χ0n) is 9.54. The normalized spacial score (nSPS) is 12.1. The molecule has 0 spiro atoms. The summed E-state index contributed by atoms with van der Waals surface area (Å²) in [6.45, 7) is 2.05. The Kier molecular flexibility index (Phi) is 3.17. The number of rotatable bonds is 3. The molecule has 0 saturated heterocycles. The van der Waals surface area contributed by atoms with Gasteiger partial charge >= 0.3 is 0 Å². The zero-order chi connectivity index (χ0) is 12.3. The van der Waals surface area contributed by atoms with Crippen LogP contribution in [-0.2, 0) is 0 Å². The highest BCUT2D eigenvalue weighted by Crippen LogP contribution is 2.15. The van der Waals surface area contributed by atoms with E-state index in [0.717, 1.165) is 17.7 Å². The van der Waals surface area contributed by atoms with Crippen molar-refractivity contribution in [3.63, 3.8) is 0 Å². The van der Waals surface area contributed by atoms with Crippen molar-refractivity contribution in [3.05, 3.63) is 42.0 Å². The van der Waals surface area contributed by atoms with Crippen LogP contribution >= 0.6 is 0 Å². The van der Waals surface area contributed by atoms with Crippen molar-refractivity contribution < 1.29 is 0 Å². The molecule has 5 heteroatoms. The average Bonchev–Trinajstić information content (AvgIpc) is 2.87. The molecule has 1 aromatic heterocycles. The number of nitriles is 1. The standard InChI is InChI=1S/C12H13N5/c1-2-11(14)9-3-5-10(6-4-9)17-8-15-12(7-13)16-17/h3-6,8,11H,2,14H2,1H3/t11-/m0/s1. The molecule has 0 aliphatic carbocycles. The van der Waals surface area contributed by atoms with E-state index in [4.69, 9.17) is 11.0 Å².